The van der Waals surface area contributed by atoms with Gasteiger partial charge in [-0.1, -0.05) is 12.1 Å². The van der Waals surface area contributed by atoms with Gasteiger partial charge < -0.3 is 14.8 Å². The molecule has 0 spiro atoms. The highest BCUT2D eigenvalue weighted by Gasteiger charge is 2.04. The number of nitrogens with zero attached hydrogens (tertiary/aromatic N) is 1. The van der Waals surface area contributed by atoms with E-state index >= 15 is 0 Å². The molecule has 1 aromatic heterocycles. The third-order valence-electron chi connectivity index (χ3n) is 3.12. The van der Waals surface area contributed by atoms with Crippen LogP contribution in [0.1, 0.15) is 0 Å². The normalized spacial score (nSPS) is 10.0. The van der Waals surface area contributed by atoms with Gasteiger partial charge in [-0.2, -0.15) is 0 Å². The van der Waals surface area contributed by atoms with Crippen LogP contribution in [0.4, 0.5) is 11.4 Å². The Balaban J connectivity index is 1.72. The molecular formula is C18H16N2O2. The maximum Gasteiger partial charge on any atom is 0.169 e. The van der Waals surface area contributed by atoms with Gasteiger partial charge in [0.25, 0.3) is 0 Å². The minimum Gasteiger partial charge on any atom is -0.493 e. The summed E-state index contributed by atoms with van der Waals surface area (Å²) >= 11 is 0. The Kier molecular flexibility index (Phi) is 4.20. The highest BCUT2D eigenvalue weighted by atomic mass is 16.5. The van der Waals surface area contributed by atoms with Gasteiger partial charge in [-0.25, -0.2) is 0 Å². The van der Waals surface area contributed by atoms with Gasteiger partial charge >= 0.3 is 0 Å². The Morgan fingerprint density at radius 3 is 2.09 bits per heavy atom. The number of hydrogen-bond donors (Lipinski definition) is 1. The van der Waals surface area contributed by atoms with E-state index in [1.165, 1.54) is 0 Å². The van der Waals surface area contributed by atoms with Crippen LogP contribution in [0.3, 0.4) is 0 Å². The lowest BCUT2D eigenvalue weighted by Crippen LogP contribution is -1.92. The van der Waals surface area contributed by atoms with Crippen LogP contribution in [0, 0.1) is 0 Å². The molecule has 0 aliphatic heterocycles. The Labute approximate surface area is 129 Å². The number of aromatic nitrogens is 1. The summed E-state index contributed by atoms with van der Waals surface area (Å²) in [6, 6.07) is 19.2. The number of anilines is 2. The molecule has 0 unspecified atom stereocenters. The molecule has 0 amide bonds. The Morgan fingerprint density at radius 2 is 1.41 bits per heavy atom. The van der Waals surface area contributed by atoms with Gasteiger partial charge in [-0.3, -0.25) is 4.98 Å². The number of ether oxygens (including phenoxy) is 2. The second-order valence-electron chi connectivity index (χ2n) is 4.64. The number of methoxy groups -OCH3 is 1. The van der Waals surface area contributed by atoms with Gasteiger partial charge in [-0.15, -0.1) is 0 Å². The van der Waals surface area contributed by atoms with E-state index in [1.54, 1.807) is 19.5 Å². The zero-order chi connectivity index (χ0) is 15.2. The van der Waals surface area contributed by atoms with Crippen molar-refractivity contribution in [3.05, 3.63) is 73.1 Å². The number of benzene rings is 2. The minimum absolute atomic E-state index is 0.694. The van der Waals surface area contributed by atoms with E-state index < -0.39 is 0 Å². The Bertz CT molecular complexity index is 728. The summed E-state index contributed by atoms with van der Waals surface area (Å²) < 4.78 is 11.1. The van der Waals surface area contributed by atoms with E-state index in [0.29, 0.717) is 11.5 Å². The third kappa shape index (κ3) is 3.35. The van der Waals surface area contributed by atoms with Crippen molar-refractivity contribution in [2.24, 2.45) is 0 Å². The fourth-order valence-electron chi connectivity index (χ4n) is 2.04. The van der Waals surface area contributed by atoms with Crippen molar-refractivity contribution in [2.75, 3.05) is 12.4 Å². The van der Waals surface area contributed by atoms with Gasteiger partial charge in [0.2, 0.25) is 0 Å². The van der Waals surface area contributed by atoms with Crippen molar-refractivity contribution >= 4 is 11.4 Å². The van der Waals surface area contributed by atoms with Crippen LogP contribution in [-0.2, 0) is 0 Å². The van der Waals surface area contributed by atoms with Crippen molar-refractivity contribution < 1.29 is 9.47 Å². The van der Waals surface area contributed by atoms with Gasteiger partial charge in [0.05, 0.1) is 7.11 Å². The fourth-order valence-corrected chi connectivity index (χ4v) is 2.04. The topological polar surface area (TPSA) is 43.4 Å². The first-order chi connectivity index (χ1) is 10.8. The molecule has 22 heavy (non-hydrogen) atoms. The number of hydrogen-bond acceptors (Lipinski definition) is 4. The first-order valence-corrected chi connectivity index (χ1v) is 6.93. The fraction of sp³-hybridized carbons (Fsp3) is 0.0556. The quantitative estimate of drug-likeness (QED) is 0.744. The van der Waals surface area contributed by atoms with Crippen molar-refractivity contribution in [2.45, 2.75) is 0 Å². The first kappa shape index (κ1) is 13.9. The lowest BCUT2D eigenvalue weighted by atomic mass is 10.2. The molecule has 0 radical (unpaired) electrons. The maximum atomic E-state index is 5.84. The second kappa shape index (κ2) is 6.63. The largest absolute Gasteiger partial charge is 0.493 e. The molecule has 3 rings (SSSR count). The predicted molar refractivity (Wildman–Crippen MR) is 87.0 cm³/mol. The lowest BCUT2D eigenvalue weighted by Gasteiger charge is -2.11. The van der Waals surface area contributed by atoms with Crippen LogP contribution in [0.2, 0.25) is 0 Å². The van der Waals surface area contributed by atoms with Gasteiger partial charge in [0, 0.05) is 23.8 Å². The van der Waals surface area contributed by atoms with E-state index in [1.807, 2.05) is 60.7 Å². The van der Waals surface area contributed by atoms with Crippen molar-refractivity contribution in [3.63, 3.8) is 0 Å². The summed E-state index contributed by atoms with van der Waals surface area (Å²) in [6.07, 6.45) is 3.50. The van der Waals surface area contributed by atoms with Gasteiger partial charge in [0.15, 0.2) is 11.5 Å². The predicted octanol–water partition coefficient (Wildman–Crippen LogP) is 4.63. The Morgan fingerprint density at radius 1 is 0.773 bits per heavy atom. The molecular weight excluding hydrogens is 276 g/mol. The standard InChI is InChI=1S/C18H16N2O2/c1-21-17-4-2-3-5-18(17)22-16-8-6-14(7-9-16)20-15-10-12-19-13-11-15/h2-13H,1H3,(H,19,20). The molecule has 2 aromatic carbocycles. The van der Waals surface area contributed by atoms with Gasteiger partial charge in [-0.05, 0) is 48.5 Å². The van der Waals surface area contributed by atoms with Crippen LogP contribution in [0.15, 0.2) is 73.1 Å². The Hall–Kier alpha value is -3.01. The number of pyridine rings is 1. The average Bonchev–Trinajstić information content (AvgIpc) is 2.58. The summed E-state index contributed by atoms with van der Waals surface area (Å²) in [6.45, 7) is 0. The second-order valence-corrected chi connectivity index (χ2v) is 4.64. The molecule has 0 aliphatic rings. The van der Waals surface area contributed by atoms with E-state index in [2.05, 4.69) is 10.3 Å². The zero-order valence-electron chi connectivity index (χ0n) is 12.2. The molecule has 110 valence electrons. The van der Waals surface area contributed by atoms with Crippen LogP contribution in [0.25, 0.3) is 0 Å². The summed E-state index contributed by atoms with van der Waals surface area (Å²) in [5.74, 6) is 2.16. The van der Waals surface area contributed by atoms with Gasteiger partial charge in [0.1, 0.15) is 5.75 Å². The molecule has 0 saturated heterocycles. The van der Waals surface area contributed by atoms with E-state index in [0.717, 1.165) is 17.1 Å². The number of nitrogens with one attached hydrogen (secondary N) is 1. The molecule has 0 saturated carbocycles. The van der Waals surface area contributed by atoms with Crippen molar-refractivity contribution in [1.29, 1.82) is 0 Å². The molecule has 1 N–H and O–H groups in total. The SMILES string of the molecule is COc1ccccc1Oc1ccc(Nc2ccncc2)cc1. The summed E-state index contributed by atoms with van der Waals surface area (Å²) in [5, 5.41) is 3.30. The highest BCUT2D eigenvalue weighted by molar-refractivity contribution is 5.59. The summed E-state index contributed by atoms with van der Waals surface area (Å²) in [5.41, 5.74) is 1.98. The molecule has 0 fully saturated rings. The third-order valence-corrected chi connectivity index (χ3v) is 3.12. The first-order valence-electron chi connectivity index (χ1n) is 6.93. The van der Waals surface area contributed by atoms with Crippen LogP contribution in [0.5, 0.6) is 17.2 Å². The van der Waals surface area contributed by atoms with E-state index in [9.17, 15) is 0 Å². The van der Waals surface area contributed by atoms with E-state index in [-0.39, 0.29) is 0 Å². The smallest absolute Gasteiger partial charge is 0.169 e. The summed E-state index contributed by atoms with van der Waals surface area (Å²) in [7, 11) is 1.63. The molecule has 1 heterocycles. The summed E-state index contributed by atoms with van der Waals surface area (Å²) in [4.78, 5) is 3.99. The van der Waals surface area contributed by atoms with Crippen LogP contribution < -0.4 is 14.8 Å². The molecule has 0 bridgehead atoms. The maximum absolute atomic E-state index is 5.84. The minimum atomic E-state index is 0.694. The lowest BCUT2D eigenvalue weighted by molar-refractivity contribution is 0.379. The highest BCUT2D eigenvalue weighted by Crippen LogP contribution is 2.31. The van der Waals surface area contributed by atoms with Crippen molar-refractivity contribution in [3.8, 4) is 17.2 Å². The molecule has 0 atom stereocenters. The van der Waals surface area contributed by atoms with Crippen molar-refractivity contribution in [1.82, 2.24) is 4.98 Å². The van der Waals surface area contributed by atoms with Crippen LogP contribution in [-0.4, -0.2) is 12.1 Å². The van der Waals surface area contributed by atoms with Crippen LogP contribution >= 0.6 is 0 Å². The van der Waals surface area contributed by atoms with E-state index in [4.69, 9.17) is 9.47 Å². The zero-order valence-corrected chi connectivity index (χ0v) is 12.2. The molecule has 0 aliphatic carbocycles. The molecule has 4 nitrogen and oxygen atoms in total. The number of rotatable bonds is 5. The number of para-hydroxylation sites is 2. The average molecular weight is 292 g/mol. The monoisotopic (exact) mass is 292 g/mol. The molecule has 3 aromatic rings. The molecule has 4 heteroatoms.